The summed E-state index contributed by atoms with van der Waals surface area (Å²) in [7, 11) is 7.36. The molecule has 11 nitrogen and oxygen atoms in total. The third-order valence-corrected chi connectivity index (χ3v) is 7.52. The van der Waals surface area contributed by atoms with Gasteiger partial charge in [-0.2, -0.15) is 0 Å². The van der Waals surface area contributed by atoms with Crippen LogP contribution in [0.1, 0.15) is 35.2 Å². The molecule has 3 atom stereocenters. The van der Waals surface area contributed by atoms with Gasteiger partial charge in [-0.05, 0) is 80.4 Å². The molecular formula is C31H36ClN7O4. The fourth-order valence-corrected chi connectivity index (χ4v) is 5.29. The first kappa shape index (κ1) is 31.6. The van der Waals surface area contributed by atoms with E-state index in [1.807, 2.05) is 38.5 Å². The molecule has 1 aromatic carbocycles. The minimum absolute atomic E-state index is 0.0502. The Morgan fingerprint density at radius 1 is 0.884 bits per heavy atom. The average molecular weight is 606 g/mol. The molecule has 0 radical (unpaired) electrons. The van der Waals surface area contributed by atoms with Gasteiger partial charge in [-0.25, -0.2) is 4.98 Å². The van der Waals surface area contributed by atoms with Gasteiger partial charge in [-0.1, -0.05) is 23.7 Å². The predicted octanol–water partition coefficient (Wildman–Crippen LogP) is 2.97. The molecule has 1 saturated carbocycles. The number of hydrogen-bond donors (Lipinski definition) is 3. The Labute approximate surface area is 256 Å². The molecule has 12 heteroatoms. The van der Waals surface area contributed by atoms with Gasteiger partial charge in [0.05, 0.1) is 11.1 Å². The Hall–Kier alpha value is -4.35. The highest BCUT2D eigenvalue weighted by Gasteiger charge is 2.37. The number of anilines is 1. The smallest absolute Gasteiger partial charge is 0.314 e. The van der Waals surface area contributed by atoms with Crippen LogP contribution < -0.4 is 16.0 Å². The number of benzene rings is 1. The van der Waals surface area contributed by atoms with Gasteiger partial charge in [0.2, 0.25) is 5.91 Å². The standard InChI is InChI=1S/C31H36ClN7O4/c1-38(2)18-22-16-33-14-13-24(22)19-5-7-20(8-6-19)28(40)36-26-15-21(31(43)39(3)4)9-11-25(26)35-29(41)30(42)37-27-12-10-23(32)17-34-27/h5-8,10,12-14,16-17,21,25-26H,9,11,15,18H2,1-4H3,(H,35,41)(H,36,40)(H,34,37,42)/t21-,25-,26+/m0/s1. The number of carbonyl (C=O) groups is 4. The summed E-state index contributed by atoms with van der Waals surface area (Å²) in [5.41, 5.74) is 3.49. The molecule has 2 heterocycles. The molecule has 4 rings (SSSR count). The number of rotatable bonds is 8. The molecule has 1 aliphatic rings. The van der Waals surface area contributed by atoms with Crippen LogP contribution in [0.5, 0.6) is 0 Å². The summed E-state index contributed by atoms with van der Waals surface area (Å²) in [6.07, 6.45) is 6.16. The van der Waals surface area contributed by atoms with Gasteiger partial charge in [-0.15, -0.1) is 0 Å². The lowest BCUT2D eigenvalue weighted by Crippen LogP contribution is -2.57. The quantitative estimate of drug-likeness (QED) is 0.336. The van der Waals surface area contributed by atoms with E-state index in [2.05, 4.69) is 30.8 Å². The third-order valence-electron chi connectivity index (χ3n) is 7.30. The summed E-state index contributed by atoms with van der Waals surface area (Å²) in [4.78, 5) is 63.3. The molecule has 4 amide bonds. The van der Waals surface area contributed by atoms with Crippen LogP contribution >= 0.6 is 11.6 Å². The highest BCUT2D eigenvalue weighted by molar-refractivity contribution is 6.39. The number of halogens is 1. The van der Waals surface area contributed by atoms with Crippen LogP contribution in [0.15, 0.2) is 61.1 Å². The van der Waals surface area contributed by atoms with Gasteiger partial charge in [-0.3, -0.25) is 24.2 Å². The maximum absolute atomic E-state index is 13.4. The van der Waals surface area contributed by atoms with E-state index in [9.17, 15) is 19.2 Å². The van der Waals surface area contributed by atoms with Crippen LogP contribution in [0.3, 0.4) is 0 Å². The second-order valence-electron chi connectivity index (χ2n) is 11.1. The van der Waals surface area contributed by atoms with E-state index >= 15 is 0 Å². The second-order valence-corrected chi connectivity index (χ2v) is 11.5. The maximum atomic E-state index is 13.4. The largest absolute Gasteiger partial charge is 0.349 e. The van der Waals surface area contributed by atoms with Gasteiger partial charge >= 0.3 is 11.8 Å². The summed E-state index contributed by atoms with van der Waals surface area (Å²) in [6, 6.07) is 11.1. The van der Waals surface area contributed by atoms with Crippen LogP contribution in [-0.2, 0) is 20.9 Å². The fourth-order valence-electron chi connectivity index (χ4n) is 5.18. The zero-order chi connectivity index (χ0) is 31.1. The summed E-state index contributed by atoms with van der Waals surface area (Å²) in [5.74, 6) is -2.30. The second kappa shape index (κ2) is 14.2. The topological polar surface area (TPSA) is 137 Å². The molecule has 1 aliphatic carbocycles. The number of nitrogens with one attached hydrogen (secondary N) is 3. The number of nitrogens with zero attached hydrogens (tertiary/aromatic N) is 4. The van der Waals surface area contributed by atoms with Crippen molar-refractivity contribution in [3.8, 4) is 11.1 Å². The van der Waals surface area contributed by atoms with Gasteiger partial charge in [0, 0.05) is 56.8 Å². The highest BCUT2D eigenvalue weighted by Crippen LogP contribution is 2.28. The molecule has 0 saturated heterocycles. The Bertz CT molecular complexity index is 1460. The SMILES string of the molecule is CN(C)Cc1cnccc1-c1ccc(C(=O)N[C@@H]2C[C@@H](C(=O)N(C)C)CC[C@@H]2NC(=O)C(=O)Nc2ccc(Cl)cn2)cc1. The number of pyridine rings is 2. The zero-order valence-electron chi connectivity index (χ0n) is 24.6. The van der Waals surface area contributed by atoms with Gasteiger partial charge in [0.1, 0.15) is 5.82 Å². The molecule has 0 aliphatic heterocycles. The number of hydrogen-bond acceptors (Lipinski definition) is 7. The number of aromatic nitrogens is 2. The molecule has 3 N–H and O–H groups in total. The Morgan fingerprint density at radius 3 is 2.28 bits per heavy atom. The van der Waals surface area contributed by atoms with E-state index in [1.54, 1.807) is 38.5 Å². The fraction of sp³-hybridized carbons (Fsp3) is 0.355. The molecule has 3 aromatic rings. The van der Waals surface area contributed by atoms with Crippen LogP contribution in [0.4, 0.5) is 5.82 Å². The van der Waals surface area contributed by atoms with Crippen LogP contribution in [0.2, 0.25) is 5.02 Å². The Kier molecular flexibility index (Phi) is 10.4. The lowest BCUT2D eigenvalue weighted by molar-refractivity contribution is -0.137. The molecule has 1 fully saturated rings. The average Bonchev–Trinajstić information content (AvgIpc) is 2.98. The van der Waals surface area contributed by atoms with Crippen LogP contribution in [0, 0.1) is 5.92 Å². The Balaban J connectivity index is 1.47. The first-order valence-electron chi connectivity index (χ1n) is 13.9. The van der Waals surface area contributed by atoms with Crippen molar-refractivity contribution in [2.45, 2.75) is 37.9 Å². The number of carbonyl (C=O) groups excluding carboxylic acids is 4. The van der Waals surface area contributed by atoms with Crippen molar-refractivity contribution >= 4 is 41.0 Å². The summed E-state index contributed by atoms with van der Waals surface area (Å²) in [6.45, 7) is 0.723. The normalized spacial score (nSPS) is 18.0. The van der Waals surface area contributed by atoms with Crippen molar-refractivity contribution in [3.63, 3.8) is 0 Å². The molecule has 0 bridgehead atoms. The van der Waals surface area contributed by atoms with Crippen LogP contribution in [0.25, 0.3) is 11.1 Å². The maximum Gasteiger partial charge on any atom is 0.314 e. The third kappa shape index (κ3) is 8.36. The molecule has 0 spiro atoms. The van der Waals surface area contributed by atoms with E-state index in [4.69, 9.17) is 11.6 Å². The van der Waals surface area contributed by atoms with Crippen molar-refractivity contribution in [1.29, 1.82) is 0 Å². The summed E-state index contributed by atoms with van der Waals surface area (Å²) >= 11 is 5.83. The molecule has 43 heavy (non-hydrogen) atoms. The van der Waals surface area contributed by atoms with Crippen LogP contribution in [-0.4, -0.2) is 83.7 Å². The molecule has 226 valence electrons. The van der Waals surface area contributed by atoms with Gasteiger partial charge in [0.25, 0.3) is 5.91 Å². The lowest BCUT2D eigenvalue weighted by Gasteiger charge is -2.37. The van der Waals surface area contributed by atoms with Crippen molar-refractivity contribution < 1.29 is 19.2 Å². The molecular weight excluding hydrogens is 570 g/mol. The lowest BCUT2D eigenvalue weighted by atomic mass is 9.81. The molecule has 0 unspecified atom stereocenters. The van der Waals surface area contributed by atoms with Crippen molar-refractivity contribution in [1.82, 2.24) is 30.4 Å². The van der Waals surface area contributed by atoms with Crippen molar-refractivity contribution in [2.24, 2.45) is 5.92 Å². The van der Waals surface area contributed by atoms with Gasteiger partial charge in [0.15, 0.2) is 0 Å². The van der Waals surface area contributed by atoms with Gasteiger partial charge < -0.3 is 25.8 Å². The Morgan fingerprint density at radius 2 is 1.63 bits per heavy atom. The van der Waals surface area contributed by atoms with Crippen molar-refractivity contribution in [2.75, 3.05) is 33.5 Å². The summed E-state index contributed by atoms with van der Waals surface area (Å²) in [5, 5.41) is 8.58. The first-order chi connectivity index (χ1) is 20.5. The zero-order valence-corrected chi connectivity index (χ0v) is 25.4. The van der Waals surface area contributed by atoms with E-state index in [-0.39, 0.29) is 23.6 Å². The minimum atomic E-state index is -0.897. The van der Waals surface area contributed by atoms with Crippen molar-refractivity contribution in [3.05, 3.63) is 77.2 Å². The highest BCUT2D eigenvalue weighted by atomic mass is 35.5. The summed E-state index contributed by atoms with van der Waals surface area (Å²) < 4.78 is 0. The van der Waals surface area contributed by atoms with E-state index < -0.39 is 23.9 Å². The van der Waals surface area contributed by atoms with E-state index in [0.29, 0.717) is 29.8 Å². The van der Waals surface area contributed by atoms with E-state index in [0.717, 1.165) is 23.2 Å². The predicted molar refractivity (Wildman–Crippen MR) is 164 cm³/mol. The van der Waals surface area contributed by atoms with E-state index in [1.165, 1.54) is 17.2 Å². The first-order valence-corrected chi connectivity index (χ1v) is 14.3. The molecule has 2 aromatic heterocycles. The number of amides is 4. The minimum Gasteiger partial charge on any atom is -0.349 e. The monoisotopic (exact) mass is 605 g/mol.